The Kier molecular flexibility index (Phi) is 8.00. The van der Waals surface area contributed by atoms with E-state index in [1.807, 2.05) is 24.3 Å². The van der Waals surface area contributed by atoms with Crippen molar-refractivity contribution in [2.75, 3.05) is 26.3 Å². The van der Waals surface area contributed by atoms with Gasteiger partial charge in [-0.2, -0.15) is 0 Å². The largest absolute Gasteiger partial charge is 0.451 e. The van der Waals surface area contributed by atoms with Gasteiger partial charge in [-0.1, -0.05) is 31.2 Å². The summed E-state index contributed by atoms with van der Waals surface area (Å²) in [6, 6.07) is 7.97. The number of benzene rings is 1. The number of nitrogens with one attached hydrogen (secondary N) is 1. The Morgan fingerprint density at radius 3 is 2.48 bits per heavy atom. The van der Waals surface area contributed by atoms with E-state index >= 15 is 0 Å². The molecule has 0 aliphatic carbocycles. The molecule has 1 aromatic carbocycles. The lowest BCUT2D eigenvalue weighted by Gasteiger charge is -2.31. The average molecular weight is 446 g/mol. The van der Waals surface area contributed by atoms with Gasteiger partial charge in [-0.3, -0.25) is 4.79 Å². The number of aromatic nitrogens is 1. The standard InChI is InChI=1S/C22H27N3O5S/c1-3-15-5-7-16(8-6-15)20-24-18(14-31-20)21(27)30-13-19(26)23-17-9-11-25(12-10-17)22(28)29-4-2/h5-8,14,17H,3-4,9-13H2,1-2H3,(H,23,26). The molecule has 3 rings (SSSR count). The molecule has 1 saturated heterocycles. The zero-order valence-electron chi connectivity index (χ0n) is 17.8. The molecule has 1 N–H and O–H groups in total. The van der Waals surface area contributed by atoms with Crippen LogP contribution in [0.5, 0.6) is 0 Å². The molecule has 0 unspecified atom stereocenters. The summed E-state index contributed by atoms with van der Waals surface area (Å²) in [5.41, 5.74) is 2.36. The normalized spacial score (nSPS) is 14.2. The Labute approximate surface area is 185 Å². The summed E-state index contributed by atoms with van der Waals surface area (Å²) in [6.07, 6.45) is 1.89. The number of likely N-dealkylation sites (tertiary alicyclic amines) is 1. The molecule has 1 aromatic heterocycles. The lowest BCUT2D eigenvalue weighted by molar-refractivity contribution is -0.125. The molecule has 2 aromatic rings. The zero-order valence-corrected chi connectivity index (χ0v) is 18.6. The van der Waals surface area contributed by atoms with Crippen molar-refractivity contribution in [3.05, 3.63) is 40.9 Å². The Balaban J connectivity index is 1.43. The van der Waals surface area contributed by atoms with Crippen molar-refractivity contribution < 1.29 is 23.9 Å². The minimum Gasteiger partial charge on any atom is -0.451 e. The second-order valence-corrected chi connectivity index (χ2v) is 8.05. The van der Waals surface area contributed by atoms with Crippen LogP contribution in [0.3, 0.4) is 0 Å². The number of aryl methyl sites for hydroxylation is 1. The van der Waals surface area contributed by atoms with E-state index in [1.165, 1.54) is 16.9 Å². The fraction of sp³-hybridized carbons (Fsp3) is 0.455. The second kappa shape index (κ2) is 10.9. The Morgan fingerprint density at radius 1 is 1.13 bits per heavy atom. The lowest BCUT2D eigenvalue weighted by atomic mass is 10.1. The molecule has 2 heterocycles. The van der Waals surface area contributed by atoms with Crippen LogP contribution >= 0.6 is 11.3 Å². The van der Waals surface area contributed by atoms with Crippen LogP contribution < -0.4 is 5.32 Å². The smallest absolute Gasteiger partial charge is 0.409 e. The minimum absolute atomic E-state index is 0.0613. The first-order valence-electron chi connectivity index (χ1n) is 10.4. The molecule has 8 nitrogen and oxygen atoms in total. The number of esters is 1. The highest BCUT2D eigenvalue weighted by Crippen LogP contribution is 2.24. The molecular weight excluding hydrogens is 418 g/mol. The third-order valence-electron chi connectivity index (χ3n) is 5.04. The van der Waals surface area contributed by atoms with Gasteiger partial charge in [0.2, 0.25) is 0 Å². The maximum Gasteiger partial charge on any atom is 0.409 e. The molecular formula is C22H27N3O5S. The summed E-state index contributed by atoms with van der Waals surface area (Å²) < 4.78 is 10.1. The van der Waals surface area contributed by atoms with Crippen molar-refractivity contribution >= 4 is 29.3 Å². The van der Waals surface area contributed by atoms with E-state index < -0.39 is 5.97 Å². The number of carbonyl (C=O) groups excluding carboxylic acids is 3. The van der Waals surface area contributed by atoms with Gasteiger partial charge in [0.1, 0.15) is 5.01 Å². The topological polar surface area (TPSA) is 97.8 Å². The van der Waals surface area contributed by atoms with E-state index in [-0.39, 0.29) is 30.3 Å². The van der Waals surface area contributed by atoms with E-state index in [4.69, 9.17) is 9.47 Å². The Hall–Kier alpha value is -2.94. The summed E-state index contributed by atoms with van der Waals surface area (Å²) in [6.45, 7) is 4.87. The molecule has 1 aliphatic rings. The van der Waals surface area contributed by atoms with Gasteiger partial charge < -0.3 is 19.7 Å². The lowest BCUT2D eigenvalue weighted by Crippen LogP contribution is -2.47. The summed E-state index contributed by atoms with van der Waals surface area (Å²) >= 11 is 1.36. The quantitative estimate of drug-likeness (QED) is 0.657. The highest BCUT2D eigenvalue weighted by molar-refractivity contribution is 7.13. The van der Waals surface area contributed by atoms with Gasteiger partial charge in [0.05, 0.1) is 6.61 Å². The third kappa shape index (κ3) is 6.27. The molecule has 0 atom stereocenters. The maximum absolute atomic E-state index is 12.2. The van der Waals surface area contributed by atoms with Gasteiger partial charge in [-0.15, -0.1) is 11.3 Å². The predicted octanol–water partition coefficient (Wildman–Crippen LogP) is 3.27. The summed E-state index contributed by atoms with van der Waals surface area (Å²) in [5.74, 6) is -0.992. The molecule has 0 bridgehead atoms. The first-order chi connectivity index (χ1) is 15.0. The Morgan fingerprint density at radius 2 is 1.84 bits per heavy atom. The van der Waals surface area contributed by atoms with Gasteiger partial charge in [0, 0.05) is 30.1 Å². The zero-order chi connectivity index (χ0) is 22.2. The van der Waals surface area contributed by atoms with Crippen LogP contribution in [0.25, 0.3) is 10.6 Å². The molecule has 31 heavy (non-hydrogen) atoms. The van der Waals surface area contributed by atoms with Gasteiger partial charge in [0.25, 0.3) is 5.91 Å². The summed E-state index contributed by atoms with van der Waals surface area (Å²) in [4.78, 5) is 42.1. The number of piperidine rings is 1. The third-order valence-corrected chi connectivity index (χ3v) is 5.93. The van der Waals surface area contributed by atoms with Crippen LogP contribution in [0.15, 0.2) is 29.6 Å². The van der Waals surface area contributed by atoms with Gasteiger partial charge in [-0.05, 0) is 31.7 Å². The van der Waals surface area contributed by atoms with Crippen LogP contribution in [0.2, 0.25) is 0 Å². The van der Waals surface area contributed by atoms with Gasteiger partial charge in [0.15, 0.2) is 12.3 Å². The number of nitrogens with zero attached hydrogens (tertiary/aromatic N) is 2. The minimum atomic E-state index is -0.625. The molecule has 1 fully saturated rings. The molecule has 1 aliphatic heterocycles. The van der Waals surface area contributed by atoms with Crippen LogP contribution in [0, 0.1) is 0 Å². The first kappa shape index (κ1) is 22.7. The van der Waals surface area contributed by atoms with Gasteiger partial charge in [-0.25, -0.2) is 14.6 Å². The van der Waals surface area contributed by atoms with E-state index in [0.29, 0.717) is 32.5 Å². The summed E-state index contributed by atoms with van der Waals surface area (Å²) in [5, 5.41) is 5.21. The molecule has 0 radical (unpaired) electrons. The molecule has 166 valence electrons. The highest BCUT2D eigenvalue weighted by atomic mass is 32.1. The number of amides is 2. The monoisotopic (exact) mass is 445 g/mol. The van der Waals surface area contributed by atoms with Crippen molar-refractivity contribution in [2.45, 2.75) is 39.2 Å². The molecule has 9 heteroatoms. The predicted molar refractivity (Wildman–Crippen MR) is 117 cm³/mol. The van der Waals surface area contributed by atoms with Gasteiger partial charge >= 0.3 is 12.1 Å². The van der Waals surface area contributed by atoms with E-state index in [2.05, 4.69) is 17.2 Å². The second-order valence-electron chi connectivity index (χ2n) is 7.19. The molecule has 0 spiro atoms. The van der Waals surface area contributed by atoms with Crippen molar-refractivity contribution in [1.29, 1.82) is 0 Å². The fourth-order valence-electron chi connectivity index (χ4n) is 3.28. The van der Waals surface area contributed by atoms with Crippen molar-refractivity contribution in [2.24, 2.45) is 0 Å². The van der Waals surface area contributed by atoms with Crippen LogP contribution in [0.4, 0.5) is 4.79 Å². The first-order valence-corrected chi connectivity index (χ1v) is 11.3. The Bertz CT molecular complexity index is 904. The maximum atomic E-state index is 12.2. The fourth-order valence-corrected chi connectivity index (χ4v) is 4.07. The number of thiazole rings is 1. The van der Waals surface area contributed by atoms with E-state index in [1.54, 1.807) is 17.2 Å². The number of carbonyl (C=O) groups is 3. The number of hydrogen-bond donors (Lipinski definition) is 1. The van der Waals surface area contributed by atoms with Crippen molar-refractivity contribution in [1.82, 2.24) is 15.2 Å². The van der Waals surface area contributed by atoms with E-state index in [9.17, 15) is 14.4 Å². The average Bonchev–Trinajstić information content (AvgIpc) is 3.28. The van der Waals surface area contributed by atoms with Crippen LogP contribution in [0.1, 0.15) is 42.7 Å². The van der Waals surface area contributed by atoms with Crippen molar-refractivity contribution in [3.63, 3.8) is 0 Å². The number of rotatable bonds is 7. The molecule has 2 amide bonds. The van der Waals surface area contributed by atoms with Crippen molar-refractivity contribution in [3.8, 4) is 10.6 Å². The highest BCUT2D eigenvalue weighted by Gasteiger charge is 2.25. The SMILES string of the molecule is CCOC(=O)N1CCC(NC(=O)COC(=O)c2csc(-c3ccc(CC)cc3)n2)CC1. The number of hydrogen-bond acceptors (Lipinski definition) is 7. The summed E-state index contributed by atoms with van der Waals surface area (Å²) in [7, 11) is 0. The molecule has 0 saturated carbocycles. The van der Waals surface area contributed by atoms with Crippen LogP contribution in [-0.4, -0.2) is 60.2 Å². The van der Waals surface area contributed by atoms with E-state index in [0.717, 1.165) is 17.0 Å². The number of ether oxygens (including phenoxy) is 2. The van der Waals surface area contributed by atoms with Crippen LogP contribution in [-0.2, 0) is 20.7 Å².